The molecule has 0 aliphatic heterocycles. The highest BCUT2D eigenvalue weighted by molar-refractivity contribution is 6.15. The Bertz CT molecular complexity index is 1320. The van der Waals surface area contributed by atoms with Crippen molar-refractivity contribution in [3.05, 3.63) is 70.5 Å². The van der Waals surface area contributed by atoms with Crippen molar-refractivity contribution in [3.63, 3.8) is 0 Å². The predicted octanol–water partition coefficient (Wildman–Crippen LogP) is 4.22. The third kappa shape index (κ3) is 2.53. The molecule has 2 N–H and O–H groups in total. The van der Waals surface area contributed by atoms with Gasteiger partial charge in [-0.2, -0.15) is 0 Å². The first-order valence-electron chi connectivity index (χ1n) is 9.06. The van der Waals surface area contributed by atoms with Crippen molar-refractivity contribution < 1.29 is 28.6 Å². The predicted molar refractivity (Wildman–Crippen MR) is 104 cm³/mol. The van der Waals surface area contributed by atoms with Crippen LogP contribution in [0.5, 0.6) is 0 Å². The summed E-state index contributed by atoms with van der Waals surface area (Å²) in [5.41, 5.74) is 1.08. The van der Waals surface area contributed by atoms with Crippen molar-refractivity contribution in [2.45, 2.75) is 12.8 Å². The summed E-state index contributed by atoms with van der Waals surface area (Å²) in [6.45, 7) is 0. The second kappa shape index (κ2) is 6.28. The fraction of sp³-hybridized carbons (Fsp3) is 0.0909. The van der Waals surface area contributed by atoms with Crippen LogP contribution in [0.15, 0.2) is 36.4 Å². The number of carbonyl (C=O) groups is 2. The van der Waals surface area contributed by atoms with E-state index in [-0.39, 0.29) is 33.0 Å². The molecule has 4 aromatic rings. The summed E-state index contributed by atoms with van der Waals surface area (Å²) in [4.78, 5) is 33.4. The summed E-state index contributed by atoms with van der Waals surface area (Å²) < 4.78 is 27.8. The number of rotatable bonds is 2. The second-order valence-corrected chi connectivity index (χ2v) is 7.05. The number of fused-ring (bicyclic) bond motifs is 5. The number of pyridine rings is 2. The highest BCUT2D eigenvalue weighted by Crippen LogP contribution is 2.42. The zero-order valence-corrected chi connectivity index (χ0v) is 15.2. The molecule has 0 fully saturated rings. The number of carboxylic acid groups (broad SMARTS) is 2. The number of nitrogens with zero attached hydrogens (tertiary/aromatic N) is 2. The van der Waals surface area contributed by atoms with Gasteiger partial charge < -0.3 is 10.2 Å². The lowest BCUT2D eigenvalue weighted by atomic mass is 9.83. The monoisotopic (exact) mass is 406 g/mol. The number of aromatic carboxylic acids is 2. The van der Waals surface area contributed by atoms with Gasteiger partial charge >= 0.3 is 11.9 Å². The molecule has 0 bridgehead atoms. The Labute approximate surface area is 167 Å². The number of carboxylic acids is 2. The molecule has 0 atom stereocenters. The van der Waals surface area contributed by atoms with Gasteiger partial charge in [0.25, 0.3) is 0 Å². The molecule has 6 nitrogen and oxygen atoms in total. The van der Waals surface area contributed by atoms with Crippen molar-refractivity contribution in [2.75, 3.05) is 0 Å². The number of hydrogen-bond donors (Lipinski definition) is 2. The Morgan fingerprint density at radius 1 is 0.733 bits per heavy atom. The molecule has 2 aromatic carbocycles. The van der Waals surface area contributed by atoms with Gasteiger partial charge in [-0.25, -0.2) is 18.4 Å². The van der Waals surface area contributed by atoms with Crippen LogP contribution >= 0.6 is 0 Å². The van der Waals surface area contributed by atoms with E-state index in [4.69, 9.17) is 0 Å². The minimum Gasteiger partial charge on any atom is -0.478 e. The first kappa shape index (κ1) is 18.1. The summed E-state index contributed by atoms with van der Waals surface area (Å²) in [7, 11) is 0. The van der Waals surface area contributed by atoms with Crippen LogP contribution in [0, 0.1) is 11.6 Å². The SMILES string of the molecule is O=C(O)c1c2c(nc3ccc(F)cc13)CCc1nc3ccc(F)cc3c(C(=O)O)c1-2. The smallest absolute Gasteiger partial charge is 0.337 e. The Balaban J connectivity index is 2.01. The lowest BCUT2D eigenvalue weighted by Crippen LogP contribution is -2.17. The minimum atomic E-state index is -1.34. The van der Waals surface area contributed by atoms with Crippen LogP contribution in [-0.2, 0) is 12.8 Å². The maximum Gasteiger partial charge on any atom is 0.337 e. The summed E-state index contributed by atoms with van der Waals surface area (Å²) in [6, 6.07) is 7.28. The van der Waals surface area contributed by atoms with E-state index in [0.29, 0.717) is 35.3 Å². The van der Waals surface area contributed by atoms with E-state index in [1.165, 1.54) is 24.3 Å². The number of benzene rings is 2. The van der Waals surface area contributed by atoms with Crippen LogP contribution in [-0.4, -0.2) is 32.1 Å². The molecule has 2 heterocycles. The molecule has 148 valence electrons. The number of halogens is 2. The zero-order chi connectivity index (χ0) is 21.2. The van der Waals surface area contributed by atoms with Gasteiger partial charge in [-0.3, -0.25) is 9.97 Å². The van der Waals surface area contributed by atoms with Gasteiger partial charge in [0, 0.05) is 21.9 Å². The van der Waals surface area contributed by atoms with Gasteiger partial charge in [-0.15, -0.1) is 0 Å². The maximum atomic E-state index is 13.9. The lowest BCUT2D eigenvalue weighted by molar-refractivity contribution is 0.0686. The quantitative estimate of drug-likeness (QED) is 0.517. The first-order chi connectivity index (χ1) is 14.3. The van der Waals surface area contributed by atoms with Gasteiger partial charge in [0.1, 0.15) is 11.6 Å². The van der Waals surface area contributed by atoms with Crippen LogP contribution < -0.4 is 0 Å². The lowest BCUT2D eigenvalue weighted by Gasteiger charge is -2.24. The summed E-state index contributed by atoms with van der Waals surface area (Å²) in [5.74, 6) is -3.96. The van der Waals surface area contributed by atoms with Gasteiger partial charge in [-0.05, 0) is 49.2 Å². The van der Waals surface area contributed by atoms with Crippen LogP contribution in [0.1, 0.15) is 32.1 Å². The highest BCUT2D eigenvalue weighted by Gasteiger charge is 2.32. The molecule has 1 aliphatic rings. The number of aryl methyl sites for hydroxylation is 2. The van der Waals surface area contributed by atoms with Crippen LogP contribution in [0.3, 0.4) is 0 Å². The zero-order valence-electron chi connectivity index (χ0n) is 15.2. The average Bonchev–Trinajstić information content (AvgIpc) is 2.69. The molecule has 30 heavy (non-hydrogen) atoms. The normalized spacial score (nSPS) is 12.6. The van der Waals surface area contributed by atoms with E-state index < -0.39 is 23.6 Å². The highest BCUT2D eigenvalue weighted by atomic mass is 19.1. The van der Waals surface area contributed by atoms with Crippen LogP contribution in [0.4, 0.5) is 8.78 Å². The van der Waals surface area contributed by atoms with Crippen LogP contribution in [0.25, 0.3) is 32.9 Å². The summed E-state index contributed by atoms with van der Waals surface area (Å²) >= 11 is 0. The molecule has 0 radical (unpaired) electrons. The van der Waals surface area contributed by atoms with Gasteiger partial charge in [-0.1, -0.05) is 0 Å². The molecule has 0 amide bonds. The molecular formula is C22H12F2N2O4. The first-order valence-corrected chi connectivity index (χ1v) is 9.06. The molecule has 0 saturated heterocycles. The molecule has 0 spiro atoms. The average molecular weight is 406 g/mol. The maximum absolute atomic E-state index is 13.9. The standard InChI is InChI=1S/C22H12F2N2O4/c23-9-1-3-13-11(7-9)17(21(27)28)19-15(25-13)5-6-16-20(19)18(22(29)30)12-8-10(24)2-4-14(12)26-16/h1-4,7-8H,5-6H2,(H,27,28)(H,29,30). The van der Waals surface area contributed by atoms with Crippen molar-refractivity contribution >= 4 is 33.7 Å². The van der Waals surface area contributed by atoms with Gasteiger partial charge in [0.2, 0.25) is 0 Å². The van der Waals surface area contributed by atoms with E-state index in [0.717, 1.165) is 12.1 Å². The number of aromatic nitrogens is 2. The van der Waals surface area contributed by atoms with E-state index in [1.54, 1.807) is 0 Å². The molecule has 0 unspecified atom stereocenters. The third-order valence-corrected chi connectivity index (χ3v) is 5.32. The van der Waals surface area contributed by atoms with E-state index in [9.17, 15) is 28.6 Å². The van der Waals surface area contributed by atoms with Crippen molar-refractivity contribution in [1.29, 1.82) is 0 Å². The topological polar surface area (TPSA) is 100 Å². The Kier molecular flexibility index (Phi) is 3.79. The molecule has 5 rings (SSSR count). The largest absolute Gasteiger partial charge is 0.478 e. The molecular weight excluding hydrogens is 394 g/mol. The summed E-state index contributed by atoms with van der Waals surface area (Å²) in [6.07, 6.45) is 0.684. The Hall–Kier alpha value is -3.94. The Morgan fingerprint density at radius 2 is 1.13 bits per heavy atom. The molecule has 2 aromatic heterocycles. The molecule has 8 heteroatoms. The third-order valence-electron chi connectivity index (χ3n) is 5.32. The fourth-order valence-corrected chi connectivity index (χ4v) is 4.15. The minimum absolute atomic E-state index is 0.0600. The number of hydrogen-bond acceptors (Lipinski definition) is 4. The van der Waals surface area contributed by atoms with Crippen molar-refractivity contribution in [3.8, 4) is 11.1 Å². The Morgan fingerprint density at radius 3 is 1.50 bits per heavy atom. The van der Waals surface area contributed by atoms with Crippen molar-refractivity contribution in [1.82, 2.24) is 9.97 Å². The van der Waals surface area contributed by atoms with Crippen molar-refractivity contribution in [2.24, 2.45) is 0 Å². The van der Waals surface area contributed by atoms with E-state index in [1.807, 2.05) is 0 Å². The summed E-state index contributed by atoms with van der Waals surface area (Å²) in [5, 5.41) is 20.0. The second-order valence-electron chi connectivity index (χ2n) is 7.05. The fourth-order valence-electron chi connectivity index (χ4n) is 4.15. The van der Waals surface area contributed by atoms with Gasteiger partial charge in [0.15, 0.2) is 0 Å². The van der Waals surface area contributed by atoms with Gasteiger partial charge in [0.05, 0.1) is 33.5 Å². The van der Waals surface area contributed by atoms with Crippen LogP contribution in [0.2, 0.25) is 0 Å². The van der Waals surface area contributed by atoms with E-state index in [2.05, 4.69) is 9.97 Å². The molecule has 1 aliphatic carbocycles. The van der Waals surface area contributed by atoms with E-state index >= 15 is 0 Å². The molecule has 0 saturated carbocycles.